The summed E-state index contributed by atoms with van der Waals surface area (Å²) in [5, 5.41) is 0. The number of amides is 1. The first kappa shape index (κ1) is 25.9. The third-order valence-corrected chi connectivity index (χ3v) is 7.73. The summed E-state index contributed by atoms with van der Waals surface area (Å²) in [6, 6.07) is 13.9. The van der Waals surface area contributed by atoms with Gasteiger partial charge in [0.2, 0.25) is 15.9 Å². The summed E-state index contributed by atoms with van der Waals surface area (Å²) in [6.45, 7) is 7.22. The average Bonchev–Trinajstić information content (AvgIpc) is 2.83. The summed E-state index contributed by atoms with van der Waals surface area (Å²) in [7, 11) is -2.10. The molecule has 0 aromatic heterocycles. The van der Waals surface area contributed by atoms with Crippen LogP contribution in [0.5, 0.6) is 5.75 Å². The number of Topliss-reactive ketones (excluding diaryl/α,β-unsaturated/α-hetero) is 1. The van der Waals surface area contributed by atoms with Crippen molar-refractivity contribution in [3.8, 4) is 5.75 Å². The fraction of sp³-hybridized carbons (Fsp3) is 0.462. The Morgan fingerprint density at radius 2 is 1.59 bits per heavy atom. The van der Waals surface area contributed by atoms with Crippen LogP contribution in [0.1, 0.15) is 56.0 Å². The molecule has 0 unspecified atom stereocenters. The molecule has 2 aromatic carbocycles. The van der Waals surface area contributed by atoms with Crippen molar-refractivity contribution in [1.82, 2.24) is 9.62 Å². The fourth-order valence-corrected chi connectivity index (χ4v) is 5.08. The largest absolute Gasteiger partial charge is 0.497 e. The number of piperidine rings is 1. The van der Waals surface area contributed by atoms with E-state index in [0.717, 1.165) is 5.56 Å². The second-order valence-corrected chi connectivity index (χ2v) is 11.4. The molecule has 3 rings (SSSR count). The van der Waals surface area contributed by atoms with Crippen LogP contribution in [0.15, 0.2) is 53.4 Å². The number of nitrogens with one attached hydrogen (secondary N) is 1. The molecular formula is C26H34N2O5S. The smallest absolute Gasteiger partial charge is 0.240 e. The van der Waals surface area contributed by atoms with Crippen LogP contribution in [0.2, 0.25) is 0 Å². The maximum Gasteiger partial charge on any atom is 0.240 e. The molecule has 184 valence electrons. The van der Waals surface area contributed by atoms with Crippen LogP contribution < -0.4 is 9.46 Å². The molecule has 7 nitrogen and oxygen atoms in total. The number of methoxy groups -OCH3 is 1. The van der Waals surface area contributed by atoms with Crippen molar-refractivity contribution in [1.29, 1.82) is 0 Å². The molecule has 0 aliphatic carbocycles. The lowest BCUT2D eigenvalue weighted by atomic mass is 9.87. The standard InChI is InChI=1S/C26H34N2O5S/c1-26(2,3)21-7-11-23(12-8-21)34(31,32)27-16-13-24(29)28-17-14-20(15-18-28)25(30)19-5-9-22(33-4)10-6-19/h5-12,20,27H,13-18H2,1-4H3. The molecule has 8 heteroatoms. The average molecular weight is 487 g/mol. The summed E-state index contributed by atoms with van der Waals surface area (Å²) in [6.07, 6.45) is 1.28. The van der Waals surface area contributed by atoms with Gasteiger partial charge in [-0.25, -0.2) is 13.1 Å². The van der Waals surface area contributed by atoms with E-state index in [4.69, 9.17) is 4.74 Å². The van der Waals surface area contributed by atoms with Crippen molar-refractivity contribution in [2.45, 2.75) is 50.3 Å². The highest BCUT2D eigenvalue weighted by molar-refractivity contribution is 7.89. The summed E-state index contributed by atoms with van der Waals surface area (Å²) < 4.78 is 32.8. The molecule has 1 amide bonds. The van der Waals surface area contributed by atoms with Gasteiger partial charge in [0.25, 0.3) is 0 Å². The van der Waals surface area contributed by atoms with E-state index < -0.39 is 10.0 Å². The summed E-state index contributed by atoms with van der Waals surface area (Å²) in [5.74, 6) is 0.558. The Morgan fingerprint density at radius 3 is 2.12 bits per heavy atom. The Bertz CT molecular complexity index is 1100. The molecule has 34 heavy (non-hydrogen) atoms. The van der Waals surface area contributed by atoms with Crippen LogP contribution in [-0.4, -0.2) is 51.8 Å². The van der Waals surface area contributed by atoms with Crippen LogP contribution in [0.4, 0.5) is 0 Å². The van der Waals surface area contributed by atoms with E-state index in [1.54, 1.807) is 48.4 Å². The lowest BCUT2D eigenvalue weighted by Crippen LogP contribution is -2.41. The zero-order chi connectivity index (χ0) is 24.9. The van der Waals surface area contributed by atoms with Crippen molar-refractivity contribution >= 4 is 21.7 Å². The number of likely N-dealkylation sites (tertiary alicyclic amines) is 1. The number of ether oxygens (including phenoxy) is 1. The van der Waals surface area contributed by atoms with Gasteiger partial charge >= 0.3 is 0 Å². The van der Waals surface area contributed by atoms with Crippen LogP contribution >= 0.6 is 0 Å². The second kappa shape index (κ2) is 10.7. The van der Waals surface area contributed by atoms with E-state index in [1.165, 1.54) is 0 Å². The number of carbonyl (C=O) groups excluding carboxylic acids is 2. The predicted molar refractivity (Wildman–Crippen MR) is 132 cm³/mol. The maximum atomic E-state index is 12.7. The predicted octanol–water partition coefficient (Wildman–Crippen LogP) is 3.78. The molecule has 1 N–H and O–H groups in total. The lowest BCUT2D eigenvalue weighted by molar-refractivity contribution is -0.132. The third-order valence-electron chi connectivity index (χ3n) is 6.25. The molecular weight excluding hydrogens is 452 g/mol. The Morgan fingerprint density at radius 1 is 1.00 bits per heavy atom. The number of hydrogen-bond acceptors (Lipinski definition) is 5. The Labute approximate surface area is 202 Å². The molecule has 1 saturated heterocycles. The highest BCUT2D eigenvalue weighted by Crippen LogP contribution is 2.24. The van der Waals surface area contributed by atoms with Gasteiger partial charge in [0, 0.05) is 37.5 Å². The quantitative estimate of drug-likeness (QED) is 0.573. The minimum absolute atomic E-state index is 0.0346. The van der Waals surface area contributed by atoms with Crippen molar-refractivity contribution in [2.75, 3.05) is 26.7 Å². The molecule has 0 spiro atoms. The van der Waals surface area contributed by atoms with E-state index in [1.807, 2.05) is 12.1 Å². The molecule has 2 aromatic rings. The first-order valence-corrected chi connectivity index (χ1v) is 13.1. The molecule has 1 heterocycles. The lowest BCUT2D eigenvalue weighted by Gasteiger charge is -2.31. The maximum absolute atomic E-state index is 12.7. The van der Waals surface area contributed by atoms with E-state index in [0.29, 0.717) is 37.2 Å². The minimum atomic E-state index is -3.68. The van der Waals surface area contributed by atoms with Crippen LogP contribution in [0.3, 0.4) is 0 Å². The number of nitrogens with zero attached hydrogens (tertiary/aromatic N) is 1. The van der Waals surface area contributed by atoms with Crippen LogP contribution in [0.25, 0.3) is 0 Å². The Hall–Kier alpha value is -2.71. The fourth-order valence-electron chi connectivity index (χ4n) is 4.05. The summed E-state index contributed by atoms with van der Waals surface area (Å²) >= 11 is 0. The van der Waals surface area contributed by atoms with Crippen molar-refractivity contribution < 1.29 is 22.7 Å². The van der Waals surface area contributed by atoms with Gasteiger partial charge in [0.05, 0.1) is 12.0 Å². The second-order valence-electron chi connectivity index (χ2n) is 9.67. The van der Waals surface area contributed by atoms with Crippen LogP contribution in [-0.2, 0) is 20.2 Å². The Balaban J connectivity index is 1.46. The number of sulfonamides is 1. The van der Waals surface area contributed by atoms with Gasteiger partial charge in [-0.1, -0.05) is 32.9 Å². The number of carbonyl (C=O) groups is 2. The van der Waals surface area contributed by atoms with Gasteiger partial charge in [-0.2, -0.15) is 0 Å². The van der Waals surface area contributed by atoms with Crippen molar-refractivity contribution in [3.63, 3.8) is 0 Å². The molecule has 0 saturated carbocycles. The zero-order valence-electron chi connectivity index (χ0n) is 20.3. The first-order valence-electron chi connectivity index (χ1n) is 11.6. The normalized spacial score (nSPS) is 15.2. The molecule has 1 aliphatic heterocycles. The van der Waals surface area contributed by atoms with Crippen LogP contribution in [0, 0.1) is 5.92 Å². The van der Waals surface area contributed by atoms with E-state index in [2.05, 4.69) is 25.5 Å². The summed E-state index contributed by atoms with van der Waals surface area (Å²) in [5.41, 5.74) is 1.64. The van der Waals surface area contributed by atoms with Crippen molar-refractivity contribution in [2.24, 2.45) is 5.92 Å². The topological polar surface area (TPSA) is 92.8 Å². The van der Waals surface area contributed by atoms with Gasteiger partial charge in [0.15, 0.2) is 5.78 Å². The molecule has 1 fully saturated rings. The summed E-state index contributed by atoms with van der Waals surface area (Å²) in [4.78, 5) is 27.2. The Kier molecular flexibility index (Phi) is 8.15. The molecule has 1 aliphatic rings. The number of ketones is 1. The number of hydrogen-bond donors (Lipinski definition) is 1. The monoisotopic (exact) mass is 486 g/mol. The first-order chi connectivity index (χ1) is 16.0. The highest BCUT2D eigenvalue weighted by Gasteiger charge is 2.28. The van der Waals surface area contributed by atoms with Gasteiger partial charge in [-0.3, -0.25) is 9.59 Å². The van der Waals surface area contributed by atoms with Gasteiger partial charge in [0.1, 0.15) is 5.75 Å². The minimum Gasteiger partial charge on any atom is -0.497 e. The van der Waals surface area contributed by atoms with E-state index >= 15 is 0 Å². The van der Waals surface area contributed by atoms with E-state index in [-0.39, 0.29) is 40.9 Å². The van der Waals surface area contributed by atoms with Crippen molar-refractivity contribution in [3.05, 3.63) is 59.7 Å². The third kappa shape index (κ3) is 6.45. The van der Waals surface area contributed by atoms with Gasteiger partial charge < -0.3 is 9.64 Å². The molecule has 0 bridgehead atoms. The number of benzene rings is 2. The SMILES string of the molecule is COc1ccc(C(=O)C2CCN(C(=O)CCNS(=O)(=O)c3ccc(C(C)(C)C)cc3)CC2)cc1. The van der Waals surface area contributed by atoms with E-state index in [9.17, 15) is 18.0 Å². The zero-order valence-corrected chi connectivity index (χ0v) is 21.2. The van der Waals surface area contributed by atoms with Gasteiger partial charge in [-0.15, -0.1) is 0 Å². The highest BCUT2D eigenvalue weighted by atomic mass is 32.2. The molecule has 0 atom stereocenters. The number of rotatable bonds is 8. The molecule has 0 radical (unpaired) electrons. The van der Waals surface area contributed by atoms with Gasteiger partial charge in [-0.05, 0) is 60.2 Å².